The number of furan rings is 1. The molecular formula is C17H20N2O4S. The summed E-state index contributed by atoms with van der Waals surface area (Å²) in [4.78, 5) is 27.1. The third kappa shape index (κ3) is 3.46. The fourth-order valence-electron chi connectivity index (χ4n) is 2.78. The minimum absolute atomic E-state index is 0.0231. The number of carbonyl (C=O) groups excluding carboxylic acids is 2. The van der Waals surface area contributed by atoms with Gasteiger partial charge in [-0.15, -0.1) is 11.3 Å². The Labute approximate surface area is 144 Å². The lowest BCUT2D eigenvalue weighted by Gasteiger charge is -2.32. The molecule has 0 saturated carbocycles. The van der Waals surface area contributed by atoms with Crippen LogP contribution in [-0.2, 0) is 0 Å². The highest BCUT2D eigenvalue weighted by Gasteiger charge is 2.26. The second-order valence-electron chi connectivity index (χ2n) is 5.82. The predicted octanol–water partition coefficient (Wildman–Crippen LogP) is 2.69. The minimum Gasteiger partial charge on any atom is -0.496 e. The number of piperidine rings is 1. The van der Waals surface area contributed by atoms with Gasteiger partial charge in [0.15, 0.2) is 5.76 Å². The molecule has 1 saturated heterocycles. The number of carbonyl (C=O) groups is 2. The molecule has 7 heteroatoms. The van der Waals surface area contributed by atoms with Crippen molar-refractivity contribution in [2.24, 2.45) is 0 Å². The van der Waals surface area contributed by atoms with Crippen molar-refractivity contribution in [2.75, 3.05) is 20.2 Å². The van der Waals surface area contributed by atoms with Crippen molar-refractivity contribution in [1.29, 1.82) is 0 Å². The topological polar surface area (TPSA) is 71.8 Å². The number of hydrogen-bond acceptors (Lipinski definition) is 5. The molecule has 3 heterocycles. The van der Waals surface area contributed by atoms with E-state index in [0.717, 1.165) is 18.4 Å². The van der Waals surface area contributed by atoms with Crippen LogP contribution >= 0.6 is 11.3 Å². The summed E-state index contributed by atoms with van der Waals surface area (Å²) in [5.74, 6) is 0.902. The van der Waals surface area contributed by atoms with E-state index in [-0.39, 0.29) is 17.9 Å². The molecule has 0 unspecified atom stereocenters. The summed E-state index contributed by atoms with van der Waals surface area (Å²) in [7, 11) is 1.59. The average Bonchev–Trinajstić information content (AvgIpc) is 3.23. The zero-order valence-electron chi connectivity index (χ0n) is 13.7. The van der Waals surface area contributed by atoms with E-state index in [1.807, 2.05) is 17.2 Å². The van der Waals surface area contributed by atoms with Crippen LogP contribution in [0.2, 0.25) is 0 Å². The molecule has 0 aromatic carbocycles. The van der Waals surface area contributed by atoms with Crippen LogP contribution in [0.25, 0.3) is 0 Å². The van der Waals surface area contributed by atoms with Crippen molar-refractivity contribution in [2.45, 2.75) is 25.8 Å². The SMILES string of the molecule is COc1csc(C(=O)N2CCC(NC(=O)c3occc3C)CC2)c1. The van der Waals surface area contributed by atoms with E-state index < -0.39 is 0 Å². The third-order valence-corrected chi connectivity index (χ3v) is 5.10. The van der Waals surface area contributed by atoms with Gasteiger partial charge in [0.2, 0.25) is 0 Å². The molecule has 1 aliphatic heterocycles. The van der Waals surface area contributed by atoms with Crippen LogP contribution in [0.5, 0.6) is 5.75 Å². The highest BCUT2D eigenvalue weighted by molar-refractivity contribution is 7.12. The van der Waals surface area contributed by atoms with E-state index in [1.54, 1.807) is 19.2 Å². The van der Waals surface area contributed by atoms with Crippen LogP contribution in [-0.4, -0.2) is 43.0 Å². The van der Waals surface area contributed by atoms with Crippen LogP contribution in [0.15, 0.2) is 28.2 Å². The van der Waals surface area contributed by atoms with Gasteiger partial charge < -0.3 is 19.4 Å². The molecule has 128 valence electrons. The summed E-state index contributed by atoms with van der Waals surface area (Å²) in [6.07, 6.45) is 2.99. The maximum atomic E-state index is 12.5. The molecule has 2 amide bonds. The summed E-state index contributed by atoms with van der Waals surface area (Å²) in [6.45, 7) is 3.09. The van der Waals surface area contributed by atoms with Crippen LogP contribution in [0.3, 0.4) is 0 Å². The van der Waals surface area contributed by atoms with Gasteiger partial charge in [-0.25, -0.2) is 0 Å². The number of nitrogens with zero attached hydrogens (tertiary/aromatic N) is 1. The summed E-state index contributed by atoms with van der Waals surface area (Å²) in [5.41, 5.74) is 0.826. The number of nitrogens with one attached hydrogen (secondary N) is 1. The van der Waals surface area contributed by atoms with Gasteiger partial charge in [-0.05, 0) is 25.8 Å². The molecule has 0 spiro atoms. The molecule has 3 rings (SSSR count). The largest absolute Gasteiger partial charge is 0.496 e. The van der Waals surface area contributed by atoms with E-state index in [1.165, 1.54) is 17.6 Å². The fraction of sp³-hybridized carbons (Fsp3) is 0.412. The first kappa shape index (κ1) is 16.6. The number of rotatable bonds is 4. The van der Waals surface area contributed by atoms with Crippen molar-refractivity contribution < 1.29 is 18.7 Å². The first-order valence-electron chi connectivity index (χ1n) is 7.85. The number of aryl methyl sites for hydroxylation is 1. The van der Waals surface area contributed by atoms with Gasteiger partial charge in [0.25, 0.3) is 11.8 Å². The molecular weight excluding hydrogens is 328 g/mol. The van der Waals surface area contributed by atoms with Gasteiger partial charge >= 0.3 is 0 Å². The number of likely N-dealkylation sites (tertiary alicyclic amines) is 1. The Balaban J connectivity index is 1.53. The van der Waals surface area contributed by atoms with E-state index in [0.29, 0.717) is 29.5 Å². The maximum Gasteiger partial charge on any atom is 0.287 e. The molecule has 1 fully saturated rings. The molecule has 24 heavy (non-hydrogen) atoms. The summed E-state index contributed by atoms with van der Waals surface area (Å²) >= 11 is 1.39. The Hall–Kier alpha value is -2.28. The number of ether oxygens (including phenoxy) is 1. The second-order valence-corrected chi connectivity index (χ2v) is 6.73. The summed E-state index contributed by atoms with van der Waals surface area (Å²) < 4.78 is 10.3. The van der Waals surface area contributed by atoms with E-state index in [9.17, 15) is 9.59 Å². The van der Waals surface area contributed by atoms with E-state index in [2.05, 4.69) is 5.32 Å². The highest BCUT2D eigenvalue weighted by Crippen LogP contribution is 2.24. The normalized spacial score (nSPS) is 15.3. The molecule has 0 bridgehead atoms. The van der Waals surface area contributed by atoms with Crippen molar-refractivity contribution in [3.05, 3.63) is 40.0 Å². The van der Waals surface area contributed by atoms with Gasteiger partial charge in [0.05, 0.1) is 18.3 Å². The molecule has 0 atom stereocenters. The number of methoxy groups -OCH3 is 1. The van der Waals surface area contributed by atoms with Crippen LogP contribution in [0, 0.1) is 6.92 Å². The summed E-state index contributed by atoms with van der Waals surface area (Å²) in [5, 5.41) is 4.81. The molecule has 0 aliphatic carbocycles. The van der Waals surface area contributed by atoms with Gasteiger partial charge in [0.1, 0.15) is 5.75 Å². The lowest BCUT2D eigenvalue weighted by molar-refractivity contribution is 0.0700. The molecule has 2 aromatic rings. The number of thiophene rings is 1. The standard InChI is InChI=1S/C17H20N2O4S/c1-11-5-8-23-15(11)16(20)18-12-3-6-19(7-4-12)17(21)14-9-13(22-2)10-24-14/h5,8-10,12H,3-4,6-7H2,1-2H3,(H,18,20). The van der Waals surface area contributed by atoms with Gasteiger partial charge in [-0.1, -0.05) is 0 Å². The Morgan fingerprint density at radius 3 is 2.71 bits per heavy atom. The predicted molar refractivity (Wildman–Crippen MR) is 90.7 cm³/mol. The average molecular weight is 348 g/mol. The first-order chi connectivity index (χ1) is 11.6. The second kappa shape index (κ2) is 7.09. The van der Waals surface area contributed by atoms with Crippen molar-refractivity contribution in [3.8, 4) is 5.75 Å². The van der Waals surface area contributed by atoms with E-state index >= 15 is 0 Å². The molecule has 2 aromatic heterocycles. The van der Waals surface area contributed by atoms with Crippen LogP contribution in [0.4, 0.5) is 0 Å². The Kier molecular flexibility index (Phi) is 4.89. The molecule has 6 nitrogen and oxygen atoms in total. The lowest BCUT2D eigenvalue weighted by Crippen LogP contribution is -2.46. The Bertz CT molecular complexity index is 729. The van der Waals surface area contributed by atoms with E-state index in [4.69, 9.17) is 9.15 Å². The molecule has 1 N–H and O–H groups in total. The zero-order chi connectivity index (χ0) is 17.1. The zero-order valence-corrected chi connectivity index (χ0v) is 14.5. The highest BCUT2D eigenvalue weighted by atomic mass is 32.1. The third-order valence-electron chi connectivity index (χ3n) is 4.21. The smallest absolute Gasteiger partial charge is 0.287 e. The number of amides is 2. The lowest BCUT2D eigenvalue weighted by atomic mass is 10.0. The summed E-state index contributed by atoms with van der Waals surface area (Å²) in [6, 6.07) is 3.59. The van der Waals surface area contributed by atoms with Crippen LogP contribution in [0.1, 0.15) is 38.6 Å². The quantitative estimate of drug-likeness (QED) is 0.922. The fourth-order valence-corrected chi connectivity index (χ4v) is 3.60. The Morgan fingerprint density at radius 1 is 1.38 bits per heavy atom. The van der Waals surface area contributed by atoms with Gasteiger partial charge in [-0.3, -0.25) is 9.59 Å². The maximum absolute atomic E-state index is 12.5. The van der Waals surface area contributed by atoms with Crippen molar-refractivity contribution in [3.63, 3.8) is 0 Å². The van der Waals surface area contributed by atoms with Gasteiger partial charge in [-0.2, -0.15) is 0 Å². The van der Waals surface area contributed by atoms with Crippen LogP contribution < -0.4 is 10.1 Å². The van der Waals surface area contributed by atoms with Crippen molar-refractivity contribution in [1.82, 2.24) is 10.2 Å². The number of hydrogen-bond donors (Lipinski definition) is 1. The Morgan fingerprint density at radius 2 is 2.12 bits per heavy atom. The van der Waals surface area contributed by atoms with Crippen molar-refractivity contribution >= 4 is 23.2 Å². The van der Waals surface area contributed by atoms with Gasteiger partial charge in [0, 0.05) is 36.1 Å². The minimum atomic E-state index is -0.190. The monoisotopic (exact) mass is 348 g/mol. The molecule has 1 aliphatic rings. The first-order valence-corrected chi connectivity index (χ1v) is 8.73. The molecule has 0 radical (unpaired) electrons.